The molecule has 0 aliphatic rings. The van der Waals surface area contributed by atoms with Crippen LogP contribution in [0.1, 0.15) is 47.0 Å². The minimum absolute atomic E-state index is 0.0440. The summed E-state index contributed by atoms with van der Waals surface area (Å²) >= 11 is 0. The van der Waals surface area contributed by atoms with Crippen molar-refractivity contribution in [1.29, 1.82) is 0 Å². The normalized spacial score (nSPS) is 15.6. The van der Waals surface area contributed by atoms with Gasteiger partial charge in [0.15, 0.2) is 5.96 Å². The van der Waals surface area contributed by atoms with Crippen molar-refractivity contribution in [2.45, 2.75) is 71.1 Å². The van der Waals surface area contributed by atoms with Crippen molar-refractivity contribution in [1.82, 2.24) is 16.0 Å². The standard InChI is InChI=1S/C18H35N7O5/c1-5-9(2)13(25-15(27)12(19)7-6-8-22-18(20)21)16(28)23-10(3)14(26)24-11(4)17(29)30/h9-13H,5-8,19H2,1-4H3,(H,23,28)(H,24,26)(H,25,27)(H,29,30)(H4,20,21,22). The van der Waals surface area contributed by atoms with Crippen molar-refractivity contribution in [3.05, 3.63) is 0 Å². The number of rotatable bonds is 13. The van der Waals surface area contributed by atoms with Gasteiger partial charge in [-0.25, -0.2) is 0 Å². The van der Waals surface area contributed by atoms with Gasteiger partial charge in [-0.3, -0.25) is 24.2 Å². The van der Waals surface area contributed by atoms with Gasteiger partial charge in [0.05, 0.1) is 6.04 Å². The smallest absolute Gasteiger partial charge is 0.325 e. The van der Waals surface area contributed by atoms with E-state index in [0.717, 1.165) is 0 Å². The van der Waals surface area contributed by atoms with Crippen LogP contribution < -0.4 is 33.2 Å². The first-order chi connectivity index (χ1) is 13.9. The zero-order valence-corrected chi connectivity index (χ0v) is 18.0. The molecule has 0 radical (unpaired) electrons. The van der Waals surface area contributed by atoms with Crippen LogP contribution in [0.25, 0.3) is 0 Å². The van der Waals surface area contributed by atoms with E-state index in [2.05, 4.69) is 20.9 Å². The van der Waals surface area contributed by atoms with Gasteiger partial charge in [0.1, 0.15) is 18.1 Å². The number of hydrogen-bond donors (Lipinski definition) is 7. The Morgan fingerprint density at radius 3 is 2.00 bits per heavy atom. The third-order valence-electron chi connectivity index (χ3n) is 4.58. The molecule has 0 saturated heterocycles. The molecule has 12 nitrogen and oxygen atoms in total. The van der Waals surface area contributed by atoms with Crippen LogP contribution in [0.3, 0.4) is 0 Å². The fourth-order valence-corrected chi connectivity index (χ4v) is 2.38. The Balaban J connectivity index is 4.91. The van der Waals surface area contributed by atoms with Crippen molar-refractivity contribution in [3.63, 3.8) is 0 Å². The molecule has 0 aromatic heterocycles. The molecular weight excluding hydrogens is 394 g/mol. The predicted octanol–water partition coefficient (Wildman–Crippen LogP) is -2.01. The summed E-state index contributed by atoms with van der Waals surface area (Å²) in [6.07, 6.45) is 1.41. The number of carboxylic acid groups (broad SMARTS) is 1. The van der Waals surface area contributed by atoms with E-state index < -0.39 is 47.9 Å². The van der Waals surface area contributed by atoms with Gasteiger partial charge < -0.3 is 38.3 Å². The van der Waals surface area contributed by atoms with Crippen molar-refractivity contribution >= 4 is 29.7 Å². The molecule has 0 aliphatic heterocycles. The van der Waals surface area contributed by atoms with Crippen molar-refractivity contribution in [2.75, 3.05) is 6.54 Å². The maximum absolute atomic E-state index is 12.7. The van der Waals surface area contributed by atoms with Gasteiger partial charge in [-0.15, -0.1) is 0 Å². The zero-order chi connectivity index (χ0) is 23.4. The van der Waals surface area contributed by atoms with Crippen LogP contribution in [0.2, 0.25) is 0 Å². The lowest BCUT2D eigenvalue weighted by atomic mass is 9.97. The molecule has 0 aliphatic carbocycles. The Morgan fingerprint density at radius 2 is 1.50 bits per heavy atom. The van der Waals surface area contributed by atoms with Gasteiger partial charge in [-0.05, 0) is 32.6 Å². The Labute approximate surface area is 176 Å². The lowest BCUT2D eigenvalue weighted by Gasteiger charge is -2.26. The fourth-order valence-electron chi connectivity index (χ4n) is 2.38. The maximum Gasteiger partial charge on any atom is 0.325 e. The summed E-state index contributed by atoms with van der Waals surface area (Å²) in [6, 6.07) is -3.84. The highest BCUT2D eigenvalue weighted by atomic mass is 16.4. The number of nitrogens with zero attached hydrogens (tertiary/aromatic N) is 1. The Hall–Kier alpha value is -2.89. The van der Waals surface area contributed by atoms with Crippen LogP contribution >= 0.6 is 0 Å². The van der Waals surface area contributed by atoms with Crippen LogP contribution in [0, 0.1) is 5.92 Å². The first-order valence-electron chi connectivity index (χ1n) is 9.85. The van der Waals surface area contributed by atoms with E-state index in [1.54, 1.807) is 6.92 Å². The molecule has 5 atom stereocenters. The van der Waals surface area contributed by atoms with E-state index in [1.165, 1.54) is 13.8 Å². The number of carbonyl (C=O) groups is 4. The minimum Gasteiger partial charge on any atom is -0.480 e. The van der Waals surface area contributed by atoms with Gasteiger partial charge >= 0.3 is 5.97 Å². The largest absolute Gasteiger partial charge is 0.480 e. The monoisotopic (exact) mass is 429 g/mol. The number of aliphatic carboxylic acids is 1. The van der Waals surface area contributed by atoms with E-state index in [-0.39, 0.29) is 11.9 Å². The van der Waals surface area contributed by atoms with Crippen molar-refractivity contribution in [2.24, 2.45) is 28.1 Å². The molecule has 5 unspecified atom stereocenters. The molecule has 0 aromatic rings. The van der Waals surface area contributed by atoms with E-state index in [9.17, 15) is 19.2 Å². The molecule has 0 fully saturated rings. The number of carboxylic acids is 1. The van der Waals surface area contributed by atoms with Crippen molar-refractivity contribution < 1.29 is 24.3 Å². The summed E-state index contributed by atoms with van der Waals surface area (Å²) in [5.41, 5.74) is 16.4. The molecule has 10 N–H and O–H groups in total. The minimum atomic E-state index is -1.19. The molecule has 0 saturated carbocycles. The summed E-state index contributed by atoms with van der Waals surface area (Å²) < 4.78 is 0. The first kappa shape index (κ1) is 27.1. The molecule has 12 heteroatoms. The number of nitrogens with two attached hydrogens (primary N) is 3. The molecule has 0 aromatic carbocycles. The SMILES string of the molecule is CCC(C)C(NC(=O)C(N)CCCN=C(N)N)C(=O)NC(C)C(=O)NC(C)C(=O)O. The lowest BCUT2D eigenvalue weighted by Crippen LogP contribution is -2.57. The van der Waals surface area contributed by atoms with E-state index >= 15 is 0 Å². The number of carbonyl (C=O) groups excluding carboxylic acids is 3. The summed E-state index contributed by atoms with van der Waals surface area (Å²) in [5.74, 6) is -3.18. The summed E-state index contributed by atoms with van der Waals surface area (Å²) in [5, 5.41) is 16.3. The number of aliphatic imine (C=N–C) groups is 1. The highest BCUT2D eigenvalue weighted by molar-refractivity contribution is 5.94. The van der Waals surface area contributed by atoms with E-state index in [0.29, 0.717) is 25.8 Å². The lowest BCUT2D eigenvalue weighted by molar-refractivity contribution is -0.141. The Morgan fingerprint density at radius 1 is 0.933 bits per heavy atom. The number of nitrogens with one attached hydrogen (secondary N) is 3. The second-order valence-corrected chi connectivity index (χ2v) is 7.23. The van der Waals surface area contributed by atoms with Gasteiger partial charge in [-0.2, -0.15) is 0 Å². The van der Waals surface area contributed by atoms with Crippen LogP contribution in [0.15, 0.2) is 4.99 Å². The summed E-state index contributed by atoms with van der Waals surface area (Å²) in [6.45, 7) is 6.71. The summed E-state index contributed by atoms with van der Waals surface area (Å²) in [4.78, 5) is 51.8. The summed E-state index contributed by atoms with van der Waals surface area (Å²) in [7, 11) is 0. The fraction of sp³-hybridized carbons (Fsp3) is 0.722. The van der Waals surface area contributed by atoms with Crippen LogP contribution in [-0.4, -0.2) is 65.5 Å². The molecule has 172 valence electrons. The Bertz CT molecular complexity index is 636. The van der Waals surface area contributed by atoms with Crippen LogP contribution in [-0.2, 0) is 19.2 Å². The average molecular weight is 430 g/mol. The number of amides is 3. The molecule has 0 bridgehead atoms. The van der Waals surface area contributed by atoms with Crippen LogP contribution in [0.4, 0.5) is 0 Å². The predicted molar refractivity (Wildman–Crippen MR) is 112 cm³/mol. The topological polar surface area (TPSA) is 215 Å². The van der Waals surface area contributed by atoms with E-state index in [1.807, 2.05) is 6.92 Å². The highest BCUT2D eigenvalue weighted by Crippen LogP contribution is 2.09. The third-order valence-corrected chi connectivity index (χ3v) is 4.58. The molecule has 30 heavy (non-hydrogen) atoms. The van der Waals surface area contributed by atoms with Gasteiger partial charge in [-0.1, -0.05) is 20.3 Å². The first-order valence-corrected chi connectivity index (χ1v) is 9.85. The highest BCUT2D eigenvalue weighted by Gasteiger charge is 2.30. The third kappa shape index (κ3) is 10.0. The zero-order valence-electron chi connectivity index (χ0n) is 18.0. The number of guanidine groups is 1. The quantitative estimate of drug-likeness (QED) is 0.0983. The van der Waals surface area contributed by atoms with Gasteiger partial charge in [0, 0.05) is 6.54 Å². The van der Waals surface area contributed by atoms with E-state index in [4.69, 9.17) is 22.3 Å². The van der Waals surface area contributed by atoms with Crippen molar-refractivity contribution in [3.8, 4) is 0 Å². The number of hydrogen-bond acceptors (Lipinski definition) is 6. The Kier molecular flexibility index (Phi) is 12.1. The molecule has 3 amide bonds. The second-order valence-electron chi connectivity index (χ2n) is 7.23. The molecule has 0 rings (SSSR count). The molecular formula is C18H35N7O5. The average Bonchev–Trinajstić information content (AvgIpc) is 2.67. The maximum atomic E-state index is 12.7. The van der Waals surface area contributed by atoms with Gasteiger partial charge in [0.25, 0.3) is 0 Å². The molecule has 0 heterocycles. The second kappa shape index (κ2) is 13.4. The van der Waals surface area contributed by atoms with Gasteiger partial charge in [0.2, 0.25) is 17.7 Å². The molecule has 0 spiro atoms. The van der Waals surface area contributed by atoms with Crippen LogP contribution in [0.5, 0.6) is 0 Å².